The number of benzene rings is 1. The van der Waals surface area contributed by atoms with Crippen LogP contribution in [-0.2, 0) is 4.79 Å². The third-order valence-electron chi connectivity index (χ3n) is 2.41. The number of para-hydroxylation sites is 1. The van der Waals surface area contributed by atoms with Gasteiger partial charge in [-0.05, 0) is 25.3 Å². The van der Waals surface area contributed by atoms with Crippen molar-refractivity contribution in [3.63, 3.8) is 0 Å². The molecule has 0 saturated carbocycles. The van der Waals surface area contributed by atoms with Crippen LogP contribution in [0.3, 0.4) is 0 Å². The largest absolute Gasteiger partial charge is 0.479 e. The molecule has 1 aromatic carbocycles. The average Bonchev–Trinajstić information content (AvgIpc) is 2.37. The van der Waals surface area contributed by atoms with Crippen molar-refractivity contribution in [3.05, 3.63) is 24.3 Å². The zero-order valence-corrected chi connectivity index (χ0v) is 11.5. The summed E-state index contributed by atoms with van der Waals surface area (Å²) >= 11 is 1.48. The number of nitrogens with one attached hydrogen (secondary N) is 2. The molecule has 7 heteroatoms. The molecule has 19 heavy (non-hydrogen) atoms. The highest BCUT2D eigenvalue weighted by atomic mass is 32.2. The van der Waals surface area contributed by atoms with Crippen molar-refractivity contribution in [1.82, 2.24) is 5.32 Å². The fourth-order valence-corrected chi connectivity index (χ4v) is 1.80. The lowest BCUT2D eigenvalue weighted by atomic mass is 10.1. The number of aliphatic hydroxyl groups is 1. The molecule has 0 aliphatic heterocycles. The van der Waals surface area contributed by atoms with E-state index in [1.165, 1.54) is 11.8 Å². The van der Waals surface area contributed by atoms with E-state index < -0.39 is 17.6 Å². The first-order valence-corrected chi connectivity index (χ1v) is 6.73. The Morgan fingerprint density at radius 3 is 2.58 bits per heavy atom. The van der Waals surface area contributed by atoms with Gasteiger partial charge in [0.25, 0.3) is 0 Å². The Morgan fingerprint density at radius 1 is 1.37 bits per heavy atom. The van der Waals surface area contributed by atoms with Crippen LogP contribution in [-0.4, -0.2) is 40.6 Å². The Labute approximate surface area is 115 Å². The molecule has 1 atom stereocenters. The summed E-state index contributed by atoms with van der Waals surface area (Å²) in [7, 11) is 0. The van der Waals surface area contributed by atoms with Gasteiger partial charge in [-0.2, -0.15) is 0 Å². The van der Waals surface area contributed by atoms with E-state index in [2.05, 4.69) is 10.6 Å². The van der Waals surface area contributed by atoms with Crippen LogP contribution in [0.15, 0.2) is 29.2 Å². The van der Waals surface area contributed by atoms with Gasteiger partial charge >= 0.3 is 12.0 Å². The van der Waals surface area contributed by atoms with E-state index in [-0.39, 0.29) is 6.54 Å². The molecule has 0 saturated heterocycles. The molecule has 0 radical (unpaired) electrons. The zero-order chi connectivity index (χ0) is 14.5. The lowest BCUT2D eigenvalue weighted by molar-refractivity contribution is -0.155. The first kappa shape index (κ1) is 15.3. The van der Waals surface area contributed by atoms with Crippen molar-refractivity contribution >= 4 is 29.4 Å². The molecule has 104 valence electrons. The number of amides is 2. The number of hydrogen-bond donors (Lipinski definition) is 4. The van der Waals surface area contributed by atoms with Crippen LogP contribution in [0.25, 0.3) is 0 Å². The first-order valence-electron chi connectivity index (χ1n) is 5.50. The highest BCUT2D eigenvalue weighted by Gasteiger charge is 2.30. The third kappa shape index (κ3) is 4.46. The predicted molar refractivity (Wildman–Crippen MR) is 73.5 cm³/mol. The number of urea groups is 1. The fraction of sp³-hybridized carbons (Fsp3) is 0.333. The summed E-state index contributed by atoms with van der Waals surface area (Å²) in [4.78, 5) is 23.2. The van der Waals surface area contributed by atoms with Crippen molar-refractivity contribution < 1.29 is 19.8 Å². The number of carboxylic acids is 1. The van der Waals surface area contributed by atoms with Gasteiger partial charge in [-0.25, -0.2) is 9.59 Å². The topological polar surface area (TPSA) is 98.7 Å². The second-order valence-electron chi connectivity index (χ2n) is 4.09. The maximum absolute atomic E-state index is 11.6. The minimum atomic E-state index is -1.99. The van der Waals surface area contributed by atoms with Gasteiger partial charge in [-0.1, -0.05) is 12.1 Å². The van der Waals surface area contributed by atoms with Gasteiger partial charge in [-0.15, -0.1) is 11.8 Å². The van der Waals surface area contributed by atoms with Crippen molar-refractivity contribution in [2.45, 2.75) is 17.4 Å². The quantitative estimate of drug-likeness (QED) is 0.612. The first-order chi connectivity index (χ1) is 8.86. The Kier molecular flexibility index (Phi) is 5.20. The maximum Gasteiger partial charge on any atom is 0.337 e. The van der Waals surface area contributed by atoms with E-state index in [4.69, 9.17) is 5.11 Å². The molecule has 6 nitrogen and oxygen atoms in total. The fourth-order valence-electron chi connectivity index (χ4n) is 1.24. The van der Waals surface area contributed by atoms with Gasteiger partial charge in [0.1, 0.15) is 0 Å². The molecule has 1 rings (SSSR count). The number of aliphatic carboxylic acids is 1. The number of thioether (sulfide) groups is 1. The van der Waals surface area contributed by atoms with Crippen LogP contribution in [0.5, 0.6) is 0 Å². The highest BCUT2D eigenvalue weighted by Crippen LogP contribution is 2.24. The van der Waals surface area contributed by atoms with Gasteiger partial charge in [0.05, 0.1) is 12.2 Å². The number of rotatable bonds is 5. The Bertz CT molecular complexity index is 477. The molecular weight excluding hydrogens is 268 g/mol. The van der Waals surface area contributed by atoms with E-state index in [0.29, 0.717) is 5.69 Å². The second kappa shape index (κ2) is 6.44. The monoisotopic (exact) mass is 284 g/mol. The third-order valence-corrected chi connectivity index (χ3v) is 3.20. The Morgan fingerprint density at radius 2 is 2.00 bits per heavy atom. The molecule has 0 heterocycles. The summed E-state index contributed by atoms with van der Waals surface area (Å²) in [5.74, 6) is -1.39. The maximum atomic E-state index is 11.6. The van der Waals surface area contributed by atoms with Crippen LogP contribution in [0.4, 0.5) is 10.5 Å². The van der Waals surface area contributed by atoms with Crippen molar-refractivity contribution in [3.8, 4) is 0 Å². The van der Waals surface area contributed by atoms with Crippen LogP contribution < -0.4 is 10.6 Å². The van der Waals surface area contributed by atoms with Crippen molar-refractivity contribution in [1.29, 1.82) is 0 Å². The molecule has 0 aromatic heterocycles. The molecule has 1 aromatic rings. The van der Waals surface area contributed by atoms with Crippen LogP contribution in [0.1, 0.15) is 6.92 Å². The highest BCUT2D eigenvalue weighted by molar-refractivity contribution is 7.98. The summed E-state index contributed by atoms with van der Waals surface area (Å²) in [6.45, 7) is 0.737. The van der Waals surface area contributed by atoms with Crippen LogP contribution in [0.2, 0.25) is 0 Å². The minimum absolute atomic E-state index is 0.379. The number of anilines is 1. The number of carboxylic acid groups (broad SMARTS) is 1. The van der Waals surface area contributed by atoms with Crippen molar-refractivity contribution in [2.24, 2.45) is 0 Å². The van der Waals surface area contributed by atoms with E-state index in [9.17, 15) is 14.7 Å². The van der Waals surface area contributed by atoms with E-state index in [1.54, 1.807) is 12.1 Å². The summed E-state index contributed by atoms with van der Waals surface area (Å²) in [6, 6.07) is 6.66. The van der Waals surface area contributed by atoms with E-state index in [0.717, 1.165) is 11.8 Å². The minimum Gasteiger partial charge on any atom is -0.479 e. The zero-order valence-electron chi connectivity index (χ0n) is 10.6. The molecule has 0 aliphatic carbocycles. The molecule has 0 bridgehead atoms. The molecule has 0 spiro atoms. The Balaban J connectivity index is 2.59. The summed E-state index contributed by atoms with van der Waals surface area (Å²) in [6.07, 6.45) is 1.88. The second-order valence-corrected chi connectivity index (χ2v) is 4.94. The molecule has 0 fully saturated rings. The van der Waals surface area contributed by atoms with Crippen LogP contribution in [0, 0.1) is 0 Å². The molecule has 4 N–H and O–H groups in total. The van der Waals surface area contributed by atoms with Gasteiger partial charge < -0.3 is 20.8 Å². The summed E-state index contributed by atoms with van der Waals surface area (Å²) in [5, 5.41) is 23.1. The van der Waals surface area contributed by atoms with Crippen LogP contribution >= 0.6 is 11.8 Å². The van der Waals surface area contributed by atoms with Gasteiger partial charge in [0.2, 0.25) is 0 Å². The molecule has 1 unspecified atom stereocenters. The molecule has 0 aliphatic rings. The van der Waals surface area contributed by atoms with Crippen molar-refractivity contribution in [2.75, 3.05) is 18.1 Å². The average molecular weight is 284 g/mol. The van der Waals surface area contributed by atoms with E-state index >= 15 is 0 Å². The lowest BCUT2D eigenvalue weighted by Crippen LogP contribution is -2.47. The van der Waals surface area contributed by atoms with E-state index in [1.807, 2.05) is 18.4 Å². The normalized spacial score (nSPS) is 13.4. The van der Waals surface area contributed by atoms with Gasteiger partial charge in [0.15, 0.2) is 5.60 Å². The molecule has 2 amide bonds. The Hall–Kier alpha value is -1.73. The number of carbonyl (C=O) groups excluding carboxylic acids is 1. The predicted octanol–water partition coefficient (Wildman–Crippen LogP) is 1.37. The number of carbonyl (C=O) groups is 2. The summed E-state index contributed by atoms with van der Waals surface area (Å²) < 4.78 is 0. The summed E-state index contributed by atoms with van der Waals surface area (Å²) in [5.41, 5.74) is -1.36. The SMILES string of the molecule is CSc1ccccc1NC(=O)NCC(C)(O)C(=O)O. The smallest absolute Gasteiger partial charge is 0.337 e. The number of hydrogen-bond acceptors (Lipinski definition) is 4. The van der Waals surface area contributed by atoms with Gasteiger partial charge in [-0.3, -0.25) is 0 Å². The van der Waals surface area contributed by atoms with Gasteiger partial charge in [0, 0.05) is 4.90 Å². The lowest BCUT2D eigenvalue weighted by Gasteiger charge is -2.18. The molecular formula is C12H16N2O4S. The standard InChI is InChI=1S/C12H16N2O4S/c1-12(18,10(15)16)7-13-11(17)14-8-5-3-4-6-9(8)19-2/h3-6,18H,7H2,1-2H3,(H,15,16)(H2,13,14,17).